The van der Waals surface area contributed by atoms with Crippen LogP contribution in [0.4, 0.5) is 0 Å². The number of sulfone groups is 1. The SMILES string of the molecule is N[C@H](c1ccccc1)[C@H](N)c1ccc(S(=O)(=O)Cc2ccccc2)cc1. The van der Waals surface area contributed by atoms with Crippen molar-refractivity contribution in [3.63, 3.8) is 0 Å². The van der Waals surface area contributed by atoms with E-state index in [2.05, 4.69) is 0 Å². The average Bonchev–Trinajstić information content (AvgIpc) is 2.68. The first-order valence-corrected chi connectivity index (χ1v) is 10.1. The normalized spacial score (nSPS) is 13.9. The van der Waals surface area contributed by atoms with Crippen molar-refractivity contribution in [2.45, 2.75) is 22.7 Å². The number of benzene rings is 3. The molecule has 0 spiro atoms. The van der Waals surface area contributed by atoms with Gasteiger partial charge >= 0.3 is 0 Å². The quantitative estimate of drug-likeness (QED) is 0.700. The third kappa shape index (κ3) is 4.19. The Labute approximate surface area is 154 Å². The maximum atomic E-state index is 12.6. The second-order valence-corrected chi connectivity index (χ2v) is 8.27. The van der Waals surface area contributed by atoms with Crippen LogP contribution in [0.3, 0.4) is 0 Å². The topological polar surface area (TPSA) is 86.2 Å². The lowest BCUT2D eigenvalue weighted by Crippen LogP contribution is -2.26. The number of hydrogen-bond acceptors (Lipinski definition) is 4. The van der Waals surface area contributed by atoms with Gasteiger partial charge in [0.1, 0.15) is 0 Å². The van der Waals surface area contributed by atoms with Crippen LogP contribution in [-0.2, 0) is 15.6 Å². The van der Waals surface area contributed by atoms with E-state index in [-0.39, 0.29) is 16.7 Å². The molecule has 3 rings (SSSR count). The fourth-order valence-corrected chi connectivity index (χ4v) is 4.21. The Hall–Kier alpha value is -2.47. The summed E-state index contributed by atoms with van der Waals surface area (Å²) >= 11 is 0. The van der Waals surface area contributed by atoms with Crippen LogP contribution in [0.5, 0.6) is 0 Å². The van der Waals surface area contributed by atoms with Crippen molar-refractivity contribution in [1.29, 1.82) is 0 Å². The largest absolute Gasteiger partial charge is 0.322 e. The van der Waals surface area contributed by atoms with Crippen LogP contribution < -0.4 is 11.5 Å². The molecule has 0 radical (unpaired) electrons. The molecule has 0 bridgehead atoms. The standard InChI is InChI=1S/C21H22N2O2S/c22-20(17-9-5-2-6-10-17)21(23)18-11-13-19(14-12-18)26(24,25)15-16-7-3-1-4-8-16/h1-14,20-21H,15,22-23H2/t20-,21-/m1/s1. The molecule has 0 amide bonds. The molecule has 4 nitrogen and oxygen atoms in total. The van der Waals surface area contributed by atoms with E-state index in [4.69, 9.17) is 11.5 Å². The Morgan fingerprint density at radius 1 is 0.654 bits per heavy atom. The summed E-state index contributed by atoms with van der Waals surface area (Å²) in [5, 5.41) is 0. The van der Waals surface area contributed by atoms with Crippen LogP contribution in [0.15, 0.2) is 89.8 Å². The molecule has 0 saturated heterocycles. The van der Waals surface area contributed by atoms with Crippen molar-refractivity contribution in [2.75, 3.05) is 0 Å². The molecule has 3 aromatic carbocycles. The van der Waals surface area contributed by atoms with E-state index < -0.39 is 15.9 Å². The first-order chi connectivity index (χ1) is 12.5. The minimum absolute atomic E-state index is 0.0250. The van der Waals surface area contributed by atoms with E-state index in [9.17, 15) is 8.42 Å². The summed E-state index contributed by atoms with van der Waals surface area (Å²) in [4.78, 5) is 0.283. The maximum Gasteiger partial charge on any atom is 0.182 e. The molecule has 0 aromatic heterocycles. The number of nitrogens with two attached hydrogens (primary N) is 2. The van der Waals surface area contributed by atoms with Gasteiger partial charge in [-0.15, -0.1) is 0 Å². The first-order valence-electron chi connectivity index (χ1n) is 8.40. The molecular weight excluding hydrogens is 344 g/mol. The van der Waals surface area contributed by atoms with E-state index in [0.29, 0.717) is 0 Å². The smallest absolute Gasteiger partial charge is 0.182 e. The fraction of sp³-hybridized carbons (Fsp3) is 0.143. The lowest BCUT2D eigenvalue weighted by Gasteiger charge is -2.21. The Morgan fingerprint density at radius 2 is 1.12 bits per heavy atom. The highest BCUT2D eigenvalue weighted by Crippen LogP contribution is 2.26. The van der Waals surface area contributed by atoms with Crippen molar-refractivity contribution in [1.82, 2.24) is 0 Å². The minimum Gasteiger partial charge on any atom is -0.322 e. The van der Waals surface area contributed by atoms with Crippen LogP contribution >= 0.6 is 0 Å². The summed E-state index contributed by atoms with van der Waals surface area (Å²) in [6.45, 7) is 0. The zero-order chi connectivity index (χ0) is 18.6. The Kier molecular flexibility index (Phi) is 5.52. The monoisotopic (exact) mass is 366 g/mol. The van der Waals surface area contributed by atoms with Crippen LogP contribution in [-0.4, -0.2) is 8.42 Å². The van der Waals surface area contributed by atoms with Gasteiger partial charge in [-0.2, -0.15) is 0 Å². The molecule has 26 heavy (non-hydrogen) atoms. The Bertz CT molecular complexity index is 940. The zero-order valence-electron chi connectivity index (χ0n) is 14.3. The van der Waals surface area contributed by atoms with Crippen molar-refractivity contribution in [2.24, 2.45) is 11.5 Å². The van der Waals surface area contributed by atoms with Crippen LogP contribution in [0, 0.1) is 0 Å². The van der Waals surface area contributed by atoms with Gasteiger partial charge in [-0.05, 0) is 28.8 Å². The molecule has 3 aromatic rings. The average molecular weight is 366 g/mol. The highest BCUT2D eigenvalue weighted by molar-refractivity contribution is 7.90. The molecule has 0 saturated carbocycles. The van der Waals surface area contributed by atoms with E-state index in [1.807, 2.05) is 48.5 Å². The second kappa shape index (κ2) is 7.83. The molecule has 0 aliphatic rings. The molecule has 0 aliphatic heterocycles. The van der Waals surface area contributed by atoms with Crippen LogP contribution in [0.25, 0.3) is 0 Å². The first kappa shape index (κ1) is 18.3. The summed E-state index contributed by atoms with van der Waals surface area (Å²) in [6, 6.07) is 24.7. The lowest BCUT2D eigenvalue weighted by molar-refractivity contribution is 0.573. The predicted octanol–water partition coefficient (Wildman–Crippen LogP) is 3.36. The van der Waals surface area contributed by atoms with E-state index in [1.165, 1.54) is 0 Å². The summed E-state index contributed by atoms with van der Waals surface area (Å²) < 4.78 is 25.2. The fourth-order valence-electron chi connectivity index (χ4n) is 2.86. The zero-order valence-corrected chi connectivity index (χ0v) is 15.1. The highest BCUT2D eigenvalue weighted by Gasteiger charge is 2.19. The van der Waals surface area contributed by atoms with Gasteiger partial charge in [0.05, 0.1) is 10.6 Å². The molecular formula is C21H22N2O2S. The van der Waals surface area contributed by atoms with Crippen molar-refractivity contribution in [3.8, 4) is 0 Å². The Balaban J connectivity index is 1.77. The maximum absolute atomic E-state index is 12.6. The molecule has 5 heteroatoms. The summed E-state index contributed by atoms with van der Waals surface area (Å²) in [7, 11) is -3.40. The number of hydrogen-bond donors (Lipinski definition) is 2. The highest BCUT2D eigenvalue weighted by atomic mass is 32.2. The van der Waals surface area contributed by atoms with Crippen molar-refractivity contribution < 1.29 is 8.42 Å². The molecule has 0 aliphatic carbocycles. The van der Waals surface area contributed by atoms with Crippen molar-refractivity contribution >= 4 is 9.84 Å². The van der Waals surface area contributed by atoms with Crippen LogP contribution in [0.2, 0.25) is 0 Å². The van der Waals surface area contributed by atoms with Crippen molar-refractivity contribution in [3.05, 3.63) is 102 Å². The third-order valence-corrected chi connectivity index (χ3v) is 6.10. The molecule has 0 fully saturated rings. The summed E-state index contributed by atoms with van der Waals surface area (Å²) in [6.07, 6.45) is 0. The molecule has 0 heterocycles. The lowest BCUT2D eigenvalue weighted by atomic mass is 9.95. The predicted molar refractivity (Wildman–Crippen MR) is 104 cm³/mol. The van der Waals surface area contributed by atoms with Gasteiger partial charge in [0.15, 0.2) is 9.84 Å². The second-order valence-electron chi connectivity index (χ2n) is 6.28. The van der Waals surface area contributed by atoms with Gasteiger partial charge in [0.2, 0.25) is 0 Å². The van der Waals surface area contributed by atoms with Gasteiger partial charge in [-0.3, -0.25) is 0 Å². The van der Waals surface area contributed by atoms with E-state index in [0.717, 1.165) is 16.7 Å². The van der Waals surface area contributed by atoms with E-state index in [1.54, 1.807) is 36.4 Å². The number of rotatable bonds is 6. The molecule has 0 unspecified atom stereocenters. The molecule has 4 N–H and O–H groups in total. The third-order valence-electron chi connectivity index (χ3n) is 4.39. The van der Waals surface area contributed by atoms with Gasteiger partial charge in [-0.1, -0.05) is 72.8 Å². The minimum atomic E-state index is -3.40. The van der Waals surface area contributed by atoms with Gasteiger partial charge < -0.3 is 11.5 Å². The summed E-state index contributed by atoms with van der Waals surface area (Å²) in [5.74, 6) is -0.0250. The molecule has 2 atom stereocenters. The van der Waals surface area contributed by atoms with E-state index >= 15 is 0 Å². The Morgan fingerprint density at radius 3 is 1.65 bits per heavy atom. The summed E-state index contributed by atoms with van der Waals surface area (Å²) in [5.41, 5.74) is 15.0. The van der Waals surface area contributed by atoms with Crippen LogP contribution in [0.1, 0.15) is 28.8 Å². The van der Waals surface area contributed by atoms with Gasteiger partial charge in [-0.25, -0.2) is 8.42 Å². The van der Waals surface area contributed by atoms with Gasteiger partial charge in [0.25, 0.3) is 0 Å². The molecule has 134 valence electrons. The van der Waals surface area contributed by atoms with Gasteiger partial charge in [0, 0.05) is 12.1 Å².